The average molecular weight is 375 g/mol. The first kappa shape index (κ1) is 17.0. The maximum absolute atomic E-state index is 13.9. The van der Waals surface area contributed by atoms with Crippen molar-refractivity contribution in [1.29, 1.82) is 0 Å². The zero-order valence-corrected chi connectivity index (χ0v) is 12.8. The van der Waals surface area contributed by atoms with Gasteiger partial charge >= 0.3 is 12.1 Å². The number of aromatic nitrogens is 2. The van der Waals surface area contributed by atoms with Gasteiger partial charge in [0, 0.05) is 0 Å². The van der Waals surface area contributed by atoms with Crippen LogP contribution in [0.25, 0.3) is 17.1 Å². The molecule has 3 rings (SSSR count). The van der Waals surface area contributed by atoms with E-state index in [2.05, 4.69) is 9.84 Å². The number of ether oxygens (including phenoxy) is 1. The Morgan fingerprint density at radius 1 is 1.12 bits per heavy atom. The van der Waals surface area contributed by atoms with Gasteiger partial charge in [0.05, 0.1) is 10.6 Å². The smallest absolute Gasteiger partial charge is 0.403 e. The molecule has 0 aliphatic rings. The Hall–Kier alpha value is -2.81. The van der Waals surface area contributed by atoms with E-state index in [1.165, 1.54) is 24.3 Å². The second-order valence-electron chi connectivity index (χ2n) is 4.70. The molecule has 0 fully saturated rings. The van der Waals surface area contributed by atoms with Gasteiger partial charge in [-0.15, -0.1) is 18.3 Å². The summed E-state index contributed by atoms with van der Waals surface area (Å²) in [7, 11) is 0. The Kier molecular flexibility index (Phi) is 4.25. The summed E-state index contributed by atoms with van der Waals surface area (Å²) >= 11 is 5.87. The topological polar surface area (TPSA) is 57.3 Å². The van der Waals surface area contributed by atoms with Gasteiger partial charge in [0.2, 0.25) is 0 Å². The first-order valence-corrected chi connectivity index (χ1v) is 7.04. The molecule has 0 amide bonds. The van der Waals surface area contributed by atoms with Gasteiger partial charge in [0.15, 0.2) is 5.75 Å². The van der Waals surface area contributed by atoms with E-state index in [-0.39, 0.29) is 16.3 Å². The fraction of sp³-hybridized carbons (Fsp3) is 0.0667. The molecular formula is C15H7ClF4N2O3. The van der Waals surface area contributed by atoms with Crippen molar-refractivity contribution in [2.75, 3.05) is 0 Å². The molecule has 130 valence electrons. The summed E-state index contributed by atoms with van der Waals surface area (Å²) in [5.41, 5.74) is -0.610. The van der Waals surface area contributed by atoms with Gasteiger partial charge in [-0.2, -0.15) is 4.68 Å². The molecule has 0 saturated carbocycles. The van der Waals surface area contributed by atoms with Crippen LogP contribution in [-0.4, -0.2) is 16.1 Å². The summed E-state index contributed by atoms with van der Waals surface area (Å²) in [6.45, 7) is 0. The van der Waals surface area contributed by atoms with Gasteiger partial charge in [-0.05, 0) is 24.3 Å². The van der Waals surface area contributed by atoms with E-state index in [4.69, 9.17) is 16.0 Å². The number of nitrogens with zero attached hydrogens (tertiary/aromatic N) is 2. The van der Waals surface area contributed by atoms with Crippen LogP contribution in [0.4, 0.5) is 17.6 Å². The van der Waals surface area contributed by atoms with Gasteiger partial charge in [0.1, 0.15) is 11.5 Å². The second-order valence-corrected chi connectivity index (χ2v) is 5.10. The van der Waals surface area contributed by atoms with Gasteiger partial charge < -0.3 is 9.15 Å². The fourth-order valence-corrected chi connectivity index (χ4v) is 2.32. The lowest BCUT2D eigenvalue weighted by atomic mass is 10.2. The first-order valence-electron chi connectivity index (χ1n) is 6.66. The van der Waals surface area contributed by atoms with Crippen LogP contribution in [0.3, 0.4) is 0 Å². The third kappa shape index (κ3) is 3.50. The number of para-hydroxylation sites is 2. The minimum atomic E-state index is -4.97. The highest BCUT2D eigenvalue weighted by Gasteiger charge is 2.33. The lowest BCUT2D eigenvalue weighted by Gasteiger charge is -2.11. The Morgan fingerprint density at radius 2 is 1.84 bits per heavy atom. The van der Waals surface area contributed by atoms with Crippen LogP contribution in [0.2, 0.25) is 5.02 Å². The summed E-state index contributed by atoms with van der Waals surface area (Å²) in [4.78, 5) is 12.0. The van der Waals surface area contributed by atoms with E-state index < -0.39 is 29.6 Å². The number of hydrogen-bond donors (Lipinski definition) is 0. The van der Waals surface area contributed by atoms with Crippen molar-refractivity contribution >= 4 is 11.6 Å². The Morgan fingerprint density at radius 3 is 2.52 bits per heavy atom. The van der Waals surface area contributed by atoms with Crippen molar-refractivity contribution in [2.24, 2.45) is 0 Å². The van der Waals surface area contributed by atoms with Crippen molar-refractivity contribution in [1.82, 2.24) is 9.78 Å². The molecule has 25 heavy (non-hydrogen) atoms. The minimum absolute atomic E-state index is 0.0757. The highest BCUT2D eigenvalue weighted by Crippen LogP contribution is 2.31. The van der Waals surface area contributed by atoms with Crippen molar-refractivity contribution in [3.05, 3.63) is 63.9 Å². The Balaban J connectivity index is 2.13. The molecule has 5 nitrogen and oxygen atoms in total. The van der Waals surface area contributed by atoms with Crippen LogP contribution in [0.1, 0.15) is 0 Å². The first-order chi connectivity index (χ1) is 11.8. The highest BCUT2D eigenvalue weighted by molar-refractivity contribution is 6.33. The molecule has 1 aromatic heterocycles. The lowest BCUT2D eigenvalue weighted by Crippen LogP contribution is -2.20. The quantitative estimate of drug-likeness (QED) is 0.645. The van der Waals surface area contributed by atoms with Crippen molar-refractivity contribution < 1.29 is 26.7 Å². The van der Waals surface area contributed by atoms with E-state index in [0.29, 0.717) is 4.68 Å². The van der Waals surface area contributed by atoms with Crippen molar-refractivity contribution in [3.63, 3.8) is 0 Å². The van der Waals surface area contributed by atoms with Gasteiger partial charge in [-0.25, -0.2) is 9.18 Å². The summed E-state index contributed by atoms with van der Waals surface area (Å²) in [5, 5.41) is 3.65. The monoisotopic (exact) mass is 374 g/mol. The zero-order chi connectivity index (χ0) is 18.2. The largest absolute Gasteiger partial charge is 0.573 e. The maximum atomic E-state index is 13.9. The summed E-state index contributed by atoms with van der Waals surface area (Å²) in [5.74, 6) is -3.08. The van der Waals surface area contributed by atoms with E-state index >= 15 is 0 Å². The predicted molar refractivity (Wildman–Crippen MR) is 79.2 cm³/mol. The number of halogens is 5. The molecule has 3 aromatic rings. The maximum Gasteiger partial charge on any atom is 0.573 e. The van der Waals surface area contributed by atoms with Crippen LogP contribution < -0.4 is 10.5 Å². The molecule has 0 aliphatic carbocycles. The zero-order valence-electron chi connectivity index (χ0n) is 12.1. The number of alkyl halides is 3. The number of rotatable bonds is 3. The van der Waals surface area contributed by atoms with Gasteiger partial charge in [0.25, 0.3) is 5.89 Å². The molecule has 0 bridgehead atoms. The number of benzene rings is 2. The summed E-state index contributed by atoms with van der Waals surface area (Å²) in [6, 6.07) is 8.57. The van der Waals surface area contributed by atoms with Crippen LogP contribution >= 0.6 is 11.6 Å². The van der Waals surface area contributed by atoms with Crippen molar-refractivity contribution in [2.45, 2.75) is 6.36 Å². The molecular weight excluding hydrogens is 368 g/mol. The van der Waals surface area contributed by atoms with Crippen LogP contribution in [0.5, 0.6) is 5.75 Å². The third-order valence-electron chi connectivity index (χ3n) is 3.04. The highest BCUT2D eigenvalue weighted by atomic mass is 35.5. The molecule has 0 N–H and O–H groups in total. The molecule has 0 radical (unpaired) electrons. The Bertz CT molecular complexity index is 961. The molecule has 0 spiro atoms. The molecule has 2 aromatic carbocycles. The summed E-state index contributed by atoms with van der Waals surface area (Å²) < 4.78 is 60.6. The predicted octanol–water partition coefficient (Wildman–Crippen LogP) is 4.18. The van der Waals surface area contributed by atoms with Crippen LogP contribution in [-0.2, 0) is 0 Å². The molecule has 0 atom stereocenters. The molecule has 10 heteroatoms. The van der Waals surface area contributed by atoms with Crippen LogP contribution in [0, 0.1) is 5.82 Å². The SMILES string of the molecule is O=c1oc(-c2c(F)cccc2Cl)nn1-c1ccccc1OC(F)(F)F. The van der Waals surface area contributed by atoms with Gasteiger partial charge in [-0.1, -0.05) is 29.8 Å². The van der Waals surface area contributed by atoms with E-state index in [0.717, 1.165) is 18.2 Å². The van der Waals surface area contributed by atoms with E-state index in [9.17, 15) is 22.4 Å². The van der Waals surface area contributed by atoms with Crippen molar-refractivity contribution in [3.8, 4) is 22.9 Å². The molecule has 0 saturated heterocycles. The minimum Gasteiger partial charge on any atom is -0.403 e. The van der Waals surface area contributed by atoms with Crippen LogP contribution in [0.15, 0.2) is 51.7 Å². The Labute approximate surface area is 142 Å². The summed E-state index contributed by atoms with van der Waals surface area (Å²) in [6.07, 6.45) is -4.97. The van der Waals surface area contributed by atoms with E-state index in [1.807, 2.05) is 0 Å². The molecule has 0 aliphatic heterocycles. The number of hydrogen-bond acceptors (Lipinski definition) is 4. The molecule has 0 unspecified atom stereocenters. The third-order valence-corrected chi connectivity index (χ3v) is 3.36. The second kappa shape index (κ2) is 6.25. The lowest BCUT2D eigenvalue weighted by molar-refractivity contribution is -0.274. The van der Waals surface area contributed by atoms with E-state index in [1.54, 1.807) is 0 Å². The normalized spacial score (nSPS) is 11.6. The fourth-order valence-electron chi connectivity index (χ4n) is 2.08. The standard InChI is InChI=1S/C15H7ClF4N2O3/c16-8-4-3-5-9(17)12(8)13-21-22(14(23)24-13)10-6-1-2-7-11(10)25-15(18,19)20/h1-7H. The van der Waals surface area contributed by atoms with Gasteiger partial charge in [-0.3, -0.25) is 0 Å². The average Bonchev–Trinajstić information content (AvgIpc) is 2.87. The molecule has 1 heterocycles.